The van der Waals surface area contributed by atoms with Crippen LogP contribution in [0.25, 0.3) is 11.3 Å². The second kappa shape index (κ2) is 8.85. The summed E-state index contributed by atoms with van der Waals surface area (Å²) in [4.78, 5) is 29.8. The molecule has 2 aliphatic rings. The Labute approximate surface area is 192 Å². The minimum Gasteiger partial charge on any atom is -0.355 e. The summed E-state index contributed by atoms with van der Waals surface area (Å²) < 4.78 is 32.4. The second-order valence-electron chi connectivity index (χ2n) is 9.95. The largest absolute Gasteiger partial charge is 0.355 e. The van der Waals surface area contributed by atoms with E-state index in [0.717, 1.165) is 25.1 Å². The number of piperidine rings is 1. The molecule has 33 heavy (non-hydrogen) atoms. The summed E-state index contributed by atoms with van der Waals surface area (Å²) in [5.74, 6) is -2.39. The normalized spacial score (nSPS) is 24.7. The molecule has 178 valence electrons. The molecule has 2 amide bonds. The van der Waals surface area contributed by atoms with Crippen molar-refractivity contribution in [3.8, 4) is 11.3 Å². The first-order valence-corrected chi connectivity index (χ1v) is 11.2. The molecule has 4 rings (SSSR count). The van der Waals surface area contributed by atoms with Gasteiger partial charge in [0.15, 0.2) is 11.5 Å². The van der Waals surface area contributed by atoms with Crippen molar-refractivity contribution in [1.82, 2.24) is 20.3 Å². The molecule has 1 aliphatic heterocycles. The Balaban J connectivity index is 1.48. The van der Waals surface area contributed by atoms with Crippen LogP contribution in [0, 0.1) is 23.0 Å². The van der Waals surface area contributed by atoms with Gasteiger partial charge in [0.25, 0.3) is 5.91 Å². The molecular formula is C24H30F2N4O3. The standard InChI is InChI=1S/C24H30F2N4O3/c1-24(2)9-7-21(24)30-10-8-18(16(13-30)23(32)29(3)4)27-22(31)19-12-20(33-28-19)15-6-5-14(25)11-17(15)26/h5-6,11-12,16,18,21H,7-10,13H2,1-4H3,(H,27,31). The quantitative estimate of drug-likeness (QED) is 0.741. The average molecular weight is 461 g/mol. The Morgan fingerprint density at radius 1 is 1.21 bits per heavy atom. The molecule has 1 saturated heterocycles. The molecule has 9 heteroatoms. The van der Waals surface area contributed by atoms with Crippen molar-refractivity contribution >= 4 is 11.8 Å². The van der Waals surface area contributed by atoms with Gasteiger partial charge in [0.2, 0.25) is 5.91 Å². The zero-order valence-corrected chi connectivity index (χ0v) is 19.4. The van der Waals surface area contributed by atoms with Gasteiger partial charge in [-0.1, -0.05) is 19.0 Å². The molecule has 1 aromatic carbocycles. The van der Waals surface area contributed by atoms with Crippen LogP contribution in [-0.4, -0.2) is 66.0 Å². The van der Waals surface area contributed by atoms with Gasteiger partial charge in [-0.15, -0.1) is 0 Å². The SMILES string of the molecule is CN(C)C(=O)C1CN(C2CCC2(C)C)CCC1NC(=O)c1cc(-c2ccc(F)cc2F)on1. The van der Waals surface area contributed by atoms with Gasteiger partial charge in [-0.05, 0) is 36.8 Å². The molecule has 7 nitrogen and oxygen atoms in total. The van der Waals surface area contributed by atoms with Crippen molar-refractivity contribution < 1.29 is 22.9 Å². The summed E-state index contributed by atoms with van der Waals surface area (Å²) in [6.45, 7) is 5.88. The Morgan fingerprint density at radius 2 is 1.97 bits per heavy atom. The minimum absolute atomic E-state index is 0.0139. The molecule has 0 spiro atoms. The van der Waals surface area contributed by atoms with Gasteiger partial charge in [-0.25, -0.2) is 8.78 Å². The lowest BCUT2D eigenvalue weighted by atomic mass is 9.66. The van der Waals surface area contributed by atoms with Crippen LogP contribution in [-0.2, 0) is 4.79 Å². The smallest absolute Gasteiger partial charge is 0.273 e. The molecule has 0 bridgehead atoms. The Bertz CT molecular complexity index is 1050. The van der Waals surface area contributed by atoms with E-state index in [2.05, 4.69) is 29.2 Å². The van der Waals surface area contributed by atoms with Crippen LogP contribution in [0.15, 0.2) is 28.8 Å². The Hall–Kier alpha value is -2.81. The average Bonchev–Trinajstić information content (AvgIpc) is 3.23. The molecule has 2 heterocycles. The molecule has 2 fully saturated rings. The van der Waals surface area contributed by atoms with Gasteiger partial charge >= 0.3 is 0 Å². The molecular weight excluding hydrogens is 430 g/mol. The number of nitrogens with zero attached hydrogens (tertiary/aromatic N) is 3. The summed E-state index contributed by atoms with van der Waals surface area (Å²) in [6.07, 6.45) is 2.93. The van der Waals surface area contributed by atoms with Gasteiger partial charge < -0.3 is 14.7 Å². The molecule has 1 aliphatic carbocycles. The Morgan fingerprint density at radius 3 is 2.58 bits per heavy atom. The predicted octanol–water partition coefficient (Wildman–Crippen LogP) is 3.32. The third-order valence-electron chi connectivity index (χ3n) is 7.06. The van der Waals surface area contributed by atoms with Crippen LogP contribution >= 0.6 is 0 Å². The van der Waals surface area contributed by atoms with E-state index < -0.39 is 17.5 Å². The number of carbonyl (C=O) groups excluding carboxylic acids is 2. The minimum atomic E-state index is -0.805. The number of likely N-dealkylation sites (tertiary alicyclic amines) is 1. The van der Waals surface area contributed by atoms with E-state index in [-0.39, 0.29) is 40.3 Å². The summed E-state index contributed by atoms with van der Waals surface area (Å²) in [5.41, 5.74) is 0.224. The highest BCUT2D eigenvalue weighted by atomic mass is 19.1. The first-order valence-electron chi connectivity index (χ1n) is 11.2. The van der Waals surface area contributed by atoms with E-state index >= 15 is 0 Å². The highest BCUT2D eigenvalue weighted by Gasteiger charge is 2.46. The molecule has 1 aromatic heterocycles. The number of hydrogen-bond acceptors (Lipinski definition) is 5. The Kier molecular flexibility index (Phi) is 6.26. The highest BCUT2D eigenvalue weighted by Crippen LogP contribution is 2.44. The van der Waals surface area contributed by atoms with Crippen molar-refractivity contribution in [1.29, 1.82) is 0 Å². The molecule has 3 atom stereocenters. The number of halogens is 2. The van der Waals surface area contributed by atoms with E-state index in [1.165, 1.54) is 18.6 Å². The number of rotatable bonds is 5. The third-order valence-corrected chi connectivity index (χ3v) is 7.06. The van der Waals surface area contributed by atoms with E-state index in [1.54, 1.807) is 19.0 Å². The van der Waals surface area contributed by atoms with Crippen LogP contribution in [0.1, 0.15) is 43.6 Å². The van der Waals surface area contributed by atoms with Crippen molar-refractivity contribution in [3.05, 3.63) is 41.6 Å². The van der Waals surface area contributed by atoms with Gasteiger partial charge in [0.1, 0.15) is 11.6 Å². The zero-order chi connectivity index (χ0) is 23.9. The third kappa shape index (κ3) is 4.64. The summed E-state index contributed by atoms with van der Waals surface area (Å²) in [5, 5.41) is 6.69. The van der Waals surface area contributed by atoms with Gasteiger partial charge in [0, 0.05) is 51.4 Å². The zero-order valence-electron chi connectivity index (χ0n) is 19.4. The summed E-state index contributed by atoms with van der Waals surface area (Å²) >= 11 is 0. The van der Waals surface area contributed by atoms with Crippen molar-refractivity contribution in [2.24, 2.45) is 11.3 Å². The lowest BCUT2D eigenvalue weighted by Gasteiger charge is -2.53. The molecule has 1 N–H and O–H groups in total. The summed E-state index contributed by atoms with van der Waals surface area (Å²) in [7, 11) is 3.43. The van der Waals surface area contributed by atoms with Crippen LogP contribution in [0.4, 0.5) is 8.78 Å². The topological polar surface area (TPSA) is 78.7 Å². The van der Waals surface area contributed by atoms with E-state index in [9.17, 15) is 18.4 Å². The fourth-order valence-electron chi connectivity index (χ4n) is 4.98. The molecule has 0 radical (unpaired) electrons. The maximum atomic E-state index is 14.1. The number of hydrogen-bond donors (Lipinski definition) is 1. The van der Waals surface area contributed by atoms with Crippen LogP contribution in [0.2, 0.25) is 0 Å². The van der Waals surface area contributed by atoms with E-state index in [0.29, 0.717) is 19.0 Å². The lowest BCUT2D eigenvalue weighted by molar-refractivity contribution is -0.137. The van der Waals surface area contributed by atoms with Gasteiger partial charge in [-0.2, -0.15) is 0 Å². The van der Waals surface area contributed by atoms with E-state index in [1.807, 2.05) is 0 Å². The molecule has 3 unspecified atom stereocenters. The maximum Gasteiger partial charge on any atom is 0.273 e. The number of benzene rings is 1. The predicted molar refractivity (Wildman–Crippen MR) is 118 cm³/mol. The molecule has 2 aromatic rings. The fourth-order valence-corrected chi connectivity index (χ4v) is 4.98. The summed E-state index contributed by atoms with van der Waals surface area (Å²) in [6, 6.07) is 4.49. The van der Waals surface area contributed by atoms with Gasteiger partial charge in [-0.3, -0.25) is 14.5 Å². The number of nitrogens with one attached hydrogen (secondary N) is 1. The second-order valence-corrected chi connectivity index (χ2v) is 9.95. The van der Waals surface area contributed by atoms with Crippen molar-refractivity contribution in [2.75, 3.05) is 27.2 Å². The van der Waals surface area contributed by atoms with Crippen molar-refractivity contribution in [2.45, 2.75) is 45.2 Å². The van der Waals surface area contributed by atoms with Crippen LogP contribution in [0.3, 0.4) is 0 Å². The van der Waals surface area contributed by atoms with Crippen molar-refractivity contribution in [3.63, 3.8) is 0 Å². The fraction of sp³-hybridized carbons (Fsp3) is 0.542. The maximum absolute atomic E-state index is 14.1. The van der Waals surface area contributed by atoms with Crippen LogP contribution < -0.4 is 5.32 Å². The first-order chi connectivity index (χ1) is 15.6. The number of aromatic nitrogens is 1. The number of amides is 2. The monoisotopic (exact) mass is 460 g/mol. The van der Waals surface area contributed by atoms with E-state index in [4.69, 9.17) is 4.52 Å². The van der Waals surface area contributed by atoms with Gasteiger partial charge in [0.05, 0.1) is 11.5 Å². The lowest BCUT2D eigenvalue weighted by Crippen LogP contribution is -2.61. The van der Waals surface area contributed by atoms with Crippen LogP contribution in [0.5, 0.6) is 0 Å². The highest BCUT2D eigenvalue weighted by molar-refractivity contribution is 5.94. The first kappa shape index (κ1) is 23.4. The molecule has 1 saturated carbocycles. The number of carbonyl (C=O) groups is 2.